The van der Waals surface area contributed by atoms with Crippen LogP contribution in [-0.2, 0) is 22.6 Å². The van der Waals surface area contributed by atoms with E-state index in [9.17, 15) is 4.79 Å². The van der Waals surface area contributed by atoms with E-state index in [-0.39, 0.29) is 18.1 Å². The number of hydrogen-bond acceptors (Lipinski definition) is 6. The standard InChI is InChI=1S/C26H32N4O3S/c1-19(2)29(16-20-8-5-4-6-9-20)24(31)18-34-26-28-27-25(21-11-13-22(32-3)14-12-21)30(26)17-23-10-7-15-33-23/h4-6,8-9,11-14,19,23H,7,10,15-18H2,1-3H3. The van der Waals surface area contributed by atoms with Crippen molar-refractivity contribution in [3.8, 4) is 17.1 Å². The van der Waals surface area contributed by atoms with Crippen LogP contribution >= 0.6 is 11.8 Å². The molecule has 2 aromatic carbocycles. The van der Waals surface area contributed by atoms with Gasteiger partial charge in [-0.3, -0.25) is 9.36 Å². The molecule has 1 saturated heterocycles. The number of carbonyl (C=O) groups excluding carboxylic acids is 1. The average Bonchev–Trinajstić information content (AvgIpc) is 3.52. The number of rotatable bonds is 10. The number of carbonyl (C=O) groups is 1. The van der Waals surface area contributed by atoms with Crippen LogP contribution in [0.2, 0.25) is 0 Å². The van der Waals surface area contributed by atoms with Gasteiger partial charge >= 0.3 is 0 Å². The molecule has 2 heterocycles. The van der Waals surface area contributed by atoms with E-state index in [4.69, 9.17) is 9.47 Å². The fourth-order valence-corrected chi connectivity index (χ4v) is 4.89. The van der Waals surface area contributed by atoms with Gasteiger partial charge in [-0.1, -0.05) is 42.1 Å². The highest BCUT2D eigenvalue weighted by Crippen LogP contribution is 2.28. The number of ether oxygens (including phenoxy) is 2. The Bertz CT molecular complexity index is 1060. The van der Waals surface area contributed by atoms with Gasteiger partial charge in [-0.2, -0.15) is 0 Å². The van der Waals surface area contributed by atoms with Gasteiger partial charge in [-0.15, -0.1) is 10.2 Å². The van der Waals surface area contributed by atoms with Crippen molar-refractivity contribution in [1.29, 1.82) is 0 Å². The van der Waals surface area contributed by atoms with Gasteiger partial charge in [0, 0.05) is 24.8 Å². The second-order valence-corrected chi connectivity index (χ2v) is 9.61. The minimum absolute atomic E-state index is 0.0847. The summed E-state index contributed by atoms with van der Waals surface area (Å²) in [5.74, 6) is 1.96. The van der Waals surface area contributed by atoms with E-state index in [1.807, 2.05) is 61.2 Å². The van der Waals surface area contributed by atoms with Crippen molar-refractivity contribution in [1.82, 2.24) is 19.7 Å². The Kier molecular flexibility index (Phi) is 8.24. The topological polar surface area (TPSA) is 69.5 Å². The van der Waals surface area contributed by atoms with Crippen LogP contribution in [0.3, 0.4) is 0 Å². The summed E-state index contributed by atoms with van der Waals surface area (Å²) in [5.41, 5.74) is 2.08. The molecule has 1 aliphatic rings. The number of thioether (sulfide) groups is 1. The first-order valence-electron chi connectivity index (χ1n) is 11.7. The summed E-state index contributed by atoms with van der Waals surface area (Å²) in [6.07, 6.45) is 2.21. The van der Waals surface area contributed by atoms with Gasteiger partial charge in [0.1, 0.15) is 5.75 Å². The van der Waals surface area contributed by atoms with E-state index >= 15 is 0 Å². The molecule has 1 atom stereocenters. The zero-order chi connectivity index (χ0) is 23.9. The lowest BCUT2D eigenvalue weighted by molar-refractivity contribution is -0.130. The molecule has 0 aliphatic carbocycles. The maximum absolute atomic E-state index is 13.2. The zero-order valence-corrected chi connectivity index (χ0v) is 20.8. The molecule has 8 heteroatoms. The third-order valence-corrected chi connectivity index (χ3v) is 6.89. The minimum Gasteiger partial charge on any atom is -0.497 e. The van der Waals surface area contributed by atoms with Crippen LogP contribution in [0.1, 0.15) is 32.3 Å². The fraction of sp³-hybridized carbons (Fsp3) is 0.423. The zero-order valence-electron chi connectivity index (χ0n) is 20.0. The lowest BCUT2D eigenvalue weighted by Gasteiger charge is -2.27. The summed E-state index contributed by atoms with van der Waals surface area (Å²) in [7, 11) is 1.65. The molecule has 0 N–H and O–H groups in total. The lowest BCUT2D eigenvalue weighted by Crippen LogP contribution is -2.37. The van der Waals surface area contributed by atoms with Gasteiger partial charge in [0.2, 0.25) is 5.91 Å². The van der Waals surface area contributed by atoms with Gasteiger partial charge in [-0.05, 0) is 56.5 Å². The van der Waals surface area contributed by atoms with Crippen molar-refractivity contribution in [3.05, 3.63) is 60.2 Å². The summed E-state index contributed by atoms with van der Waals surface area (Å²) in [5, 5.41) is 9.67. The Hall–Kier alpha value is -2.84. The summed E-state index contributed by atoms with van der Waals surface area (Å²) in [6, 6.07) is 18.0. The molecule has 0 spiro atoms. The molecule has 180 valence electrons. The Labute approximate surface area is 205 Å². The Balaban J connectivity index is 1.51. The van der Waals surface area contributed by atoms with E-state index in [0.29, 0.717) is 18.8 Å². The average molecular weight is 481 g/mol. The predicted octanol–water partition coefficient (Wildman–Crippen LogP) is 4.66. The molecule has 0 bridgehead atoms. The van der Waals surface area contributed by atoms with E-state index in [1.165, 1.54) is 11.8 Å². The van der Waals surface area contributed by atoms with Gasteiger partial charge in [0.05, 0.1) is 25.5 Å². The minimum atomic E-state index is 0.0847. The van der Waals surface area contributed by atoms with Crippen molar-refractivity contribution in [3.63, 3.8) is 0 Å². The van der Waals surface area contributed by atoms with Crippen LogP contribution in [0, 0.1) is 0 Å². The van der Waals surface area contributed by atoms with Crippen LogP contribution < -0.4 is 4.74 Å². The first-order chi connectivity index (χ1) is 16.5. The largest absolute Gasteiger partial charge is 0.497 e. The molecular formula is C26H32N4O3S. The van der Waals surface area contributed by atoms with Crippen molar-refractivity contribution in [2.24, 2.45) is 0 Å². The van der Waals surface area contributed by atoms with Crippen molar-refractivity contribution in [2.75, 3.05) is 19.5 Å². The van der Waals surface area contributed by atoms with Crippen LogP contribution in [0.15, 0.2) is 59.8 Å². The molecule has 1 aliphatic heterocycles. The van der Waals surface area contributed by atoms with Crippen LogP contribution in [0.4, 0.5) is 0 Å². The molecule has 1 unspecified atom stereocenters. The number of amides is 1. The van der Waals surface area contributed by atoms with E-state index in [1.54, 1.807) is 7.11 Å². The maximum Gasteiger partial charge on any atom is 0.233 e. The van der Waals surface area contributed by atoms with E-state index in [2.05, 4.69) is 26.9 Å². The number of aromatic nitrogens is 3. The van der Waals surface area contributed by atoms with Crippen LogP contribution in [0.5, 0.6) is 5.75 Å². The van der Waals surface area contributed by atoms with Gasteiger partial charge in [0.25, 0.3) is 0 Å². The normalized spacial score (nSPS) is 15.6. The molecule has 1 fully saturated rings. The van der Waals surface area contributed by atoms with Crippen LogP contribution in [0.25, 0.3) is 11.4 Å². The molecule has 7 nitrogen and oxygen atoms in total. The van der Waals surface area contributed by atoms with Crippen molar-refractivity contribution >= 4 is 17.7 Å². The number of benzene rings is 2. The Morgan fingerprint density at radius 1 is 1.18 bits per heavy atom. The third-order valence-electron chi connectivity index (χ3n) is 5.94. The molecule has 3 aromatic rings. The van der Waals surface area contributed by atoms with Crippen LogP contribution in [-0.4, -0.2) is 57.2 Å². The monoisotopic (exact) mass is 480 g/mol. The third kappa shape index (κ3) is 5.98. The van der Waals surface area contributed by atoms with Crippen molar-refractivity contribution < 1.29 is 14.3 Å². The molecule has 34 heavy (non-hydrogen) atoms. The summed E-state index contributed by atoms with van der Waals surface area (Å²) < 4.78 is 13.3. The number of nitrogens with zero attached hydrogens (tertiary/aromatic N) is 4. The predicted molar refractivity (Wildman–Crippen MR) is 134 cm³/mol. The maximum atomic E-state index is 13.2. The summed E-state index contributed by atoms with van der Waals surface area (Å²) in [4.78, 5) is 15.1. The molecule has 0 saturated carbocycles. The molecule has 1 amide bonds. The lowest BCUT2D eigenvalue weighted by atomic mass is 10.2. The number of methoxy groups -OCH3 is 1. The fourth-order valence-electron chi connectivity index (χ4n) is 4.05. The first kappa shape index (κ1) is 24.3. The molecule has 1 aromatic heterocycles. The van der Waals surface area contributed by atoms with E-state index < -0.39 is 0 Å². The highest BCUT2D eigenvalue weighted by Gasteiger charge is 2.24. The van der Waals surface area contributed by atoms with Crippen molar-refractivity contribution in [2.45, 2.75) is 57.1 Å². The quantitative estimate of drug-likeness (QED) is 0.393. The number of hydrogen-bond donors (Lipinski definition) is 0. The molecule has 0 radical (unpaired) electrons. The Morgan fingerprint density at radius 2 is 1.94 bits per heavy atom. The Morgan fingerprint density at radius 3 is 2.59 bits per heavy atom. The van der Waals surface area contributed by atoms with E-state index in [0.717, 1.165) is 47.3 Å². The SMILES string of the molecule is COc1ccc(-c2nnc(SCC(=O)N(Cc3ccccc3)C(C)C)n2CC2CCCO2)cc1. The second kappa shape index (κ2) is 11.5. The smallest absolute Gasteiger partial charge is 0.233 e. The van der Waals surface area contributed by atoms with Gasteiger partial charge in [0.15, 0.2) is 11.0 Å². The highest BCUT2D eigenvalue weighted by atomic mass is 32.2. The summed E-state index contributed by atoms with van der Waals surface area (Å²) >= 11 is 1.44. The molecule has 4 rings (SSSR count). The summed E-state index contributed by atoms with van der Waals surface area (Å²) in [6.45, 7) is 6.15. The van der Waals surface area contributed by atoms with Gasteiger partial charge < -0.3 is 14.4 Å². The highest BCUT2D eigenvalue weighted by molar-refractivity contribution is 7.99. The first-order valence-corrected chi connectivity index (χ1v) is 12.7. The second-order valence-electron chi connectivity index (χ2n) is 8.67. The van der Waals surface area contributed by atoms with Gasteiger partial charge in [-0.25, -0.2) is 0 Å². The molecular weight excluding hydrogens is 448 g/mol.